The third-order valence-electron chi connectivity index (χ3n) is 2.91. The molecule has 2 rings (SSSR count). The first kappa shape index (κ1) is 10.1. The molecule has 0 bridgehead atoms. The summed E-state index contributed by atoms with van der Waals surface area (Å²) in [5, 5.41) is 6.94. The average Bonchev–Trinajstić information content (AvgIpc) is 2.72. The topological polar surface area (TPSA) is 24.9 Å². The highest BCUT2D eigenvalue weighted by Gasteiger charge is 2.17. The van der Waals surface area contributed by atoms with E-state index in [0.29, 0.717) is 6.04 Å². The molecule has 78 valence electrons. The molecule has 0 unspecified atom stereocenters. The molecule has 1 aromatic heterocycles. The SMILES string of the molecule is C[C@@H](NC1CCCCC1)c1nccs1. The fourth-order valence-electron chi connectivity index (χ4n) is 2.14. The normalized spacial score (nSPS) is 20.9. The molecule has 1 N–H and O–H groups in total. The molecule has 0 radical (unpaired) electrons. The molecule has 2 nitrogen and oxygen atoms in total. The summed E-state index contributed by atoms with van der Waals surface area (Å²) in [6.45, 7) is 2.22. The van der Waals surface area contributed by atoms with Gasteiger partial charge in [-0.05, 0) is 19.8 Å². The molecular formula is C11H18N2S. The smallest absolute Gasteiger partial charge is 0.109 e. The van der Waals surface area contributed by atoms with Crippen LogP contribution in [0, 0.1) is 0 Å². The minimum atomic E-state index is 0.429. The van der Waals surface area contributed by atoms with E-state index >= 15 is 0 Å². The van der Waals surface area contributed by atoms with Gasteiger partial charge in [-0.2, -0.15) is 0 Å². The molecule has 1 atom stereocenters. The third kappa shape index (κ3) is 2.55. The monoisotopic (exact) mass is 210 g/mol. The molecule has 0 aromatic carbocycles. The number of nitrogens with zero attached hydrogens (tertiary/aromatic N) is 1. The first-order valence-corrected chi connectivity index (χ1v) is 6.39. The number of nitrogens with one attached hydrogen (secondary N) is 1. The summed E-state index contributed by atoms with van der Waals surface area (Å²) < 4.78 is 0. The zero-order valence-electron chi connectivity index (χ0n) is 8.70. The van der Waals surface area contributed by atoms with E-state index in [9.17, 15) is 0 Å². The van der Waals surface area contributed by atoms with Gasteiger partial charge in [-0.3, -0.25) is 0 Å². The summed E-state index contributed by atoms with van der Waals surface area (Å²) in [4.78, 5) is 4.34. The minimum Gasteiger partial charge on any atom is -0.305 e. The van der Waals surface area contributed by atoms with Crippen molar-refractivity contribution in [3.8, 4) is 0 Å². The van der Waals surface area contributed by atoms with Crippen LogP contribution in [0.3, 0.4) is 0 Å². The largest absolute Gasteiger partial charge is 0.305 e. The van der Waals surface area contributed by atoms with Crippen molar-refractivity contribution >= 4 is 11.3 Å². The van der Waals surface area contributed by atoms with Gasteiger partial charge in [0.25, 0.3) is 0 Å². The van der Waals surface area contributed by atoms with E-state index in [4.69, 9.17) is 0 Å². The second-order valence-corrected chi connectivity index (χ2v) is 5.02. The minimum absolute atomic E-state index is 0.429. The van der Waals surface area contributed by atoms with E-state index in [1.54, 1.807) is 11.3 Å². The predicted molar refractivity (Wildman–Crippen MR) is 60.5 cm³/mol. The fraction of sp³-hybridized carbons (Fsp3) is 0.727. The Bertz CT molecular complexity index is 252. The highest BCUT2D eigenvalue weighted by Crippen LogP contribution is 2.22. The maximum absolute atomic E-state index is 4.34. The van der Waals surface area contributed by atoms with E-state index in [2.05, 4.69) is 17.2 Å². The summed E-state index contributed by atoms with van der Waals surface area (Å²) in [7, 11) is 0. The summed E-state index contributed by atoms with van der Waals surface area (Å²) >= 11 is 1.75. The lowest BCUT2D eigenvalue weighted by molar-refractivity contribution is 0.346. The van der Waals surface area contributed by atoms with Crippen molar-refractivity contribution < 1.29 is 0 Å². The van der Waals surface area contributed by atoms with Crippen molar-refractivity contribution in [3.63, 3.8) is 0 Å². The Kier molecular flexibility index (Phi) is 3.54. The average molecular weight is 210 g/mol. The molecule has 0 saturated heterocycles. The second kappa shape index (κ2) is 4.89. The third-order valence-corrected chi connectivity index (χ3v) is 3.87. The van der Waals surface area contributed by atoms with Gasteiger partial charge in [-0.25, -0.2) is 4.98 Å². The molecule has 1 fully saturated rings. The van der Waals surface area contributed by atoms with Crippen molar-refractivity contribution in [1.82, 2.24) is 10.3 Å². The van der Waals surface area contributed by atoms with Gasteiger partial charge in [0.05, 0.1) is 6.04 Å². The Morgan fingerprint density at radius 1 is 1.43 bits per heavy atom. The lowest BCUT2D eigenvalue weighted by atomic mass is 9.95. The van der Waals surface area contributed by atoms with Crippen LogP contribution in [0.4, 0.5) is 0 Å². The van der Waals surface area contributed by atoms with Crippen molar-refractivity contribution in [2.75, 3.05) is 0 Å². The lowest BCUT2D eigenvalue weighted by Gasteiger charge is -2.25. The molecule has 0 amide bonds. The van der Waals surface area contributed by atoms with Crippen LogP contribution in [0.5, 0.6) is 0 Å². The Hall–Kier alpha value is -0.410. The first-order chi connectivity index (χ1) is 6.86. The van der Waals surface area contributed by atoms with Gasteiger partial charge in [-0.1, -0.05) is 19.3 Å². The Balaban J connectivity index is 1.84. The Morgan fingerprint density at radius 2 is 2.21 bits per heavy atom. The summed E-state index contributed by atoms with van der Waals surface area (Å²) in [6, 6.07) is 1.15. The van der Waals surface area contributed by atoms with Gasteiger partial charge in [0.2, 0.25) is 0 Å². The molecule has 1 aliphatic carbocycles. The maximum Gasteiger partial charge on any atom is 0.109 e. The van der Waals surface area contributed by atoms with Crippen LogP contribution < -0.4 is 5.32 Å². The molecule has 0 spiro atoms. The molecule has 1 heterocycles. The molecular weight excluding hydrogens is 192 g/mol. The zero-order valence-corrected chi connectivity index (χ0v) is 9.52. The fourth-order valence-corrected chi connectivity index (χ4v) is 2.80. The van der Waals surface area contributed by atoms with Crippen LogP contribution in [0.2, 0.25) is 0 Å². The number of thiazole rings is 1. The van der Waals surface area contributed by atoms with Crippen LogP contribution in [-0.2, 0) is 0 Å². The van der Waals surface area contributed by atoms with Gasteiger partial charge in [0.15, 0.2) is 0 Å². The summed E-state index contributed by atoms with van der Waals surface area (Å²) in [5.74, 6) is 0. The van der Waals surface area contributed by atoms with Crippen LogP contribution in [0.15, 0.2) is 11.6 Å². The lowest BCUT2D eigenvalue weighted by Crippen LogP contribution is -2.33. The van der Waals surface area contributed by atoms with Gasteiger partial charge < -0.3 is 5.32 Å². The molecule has 14 heavy (non-hydrogen) atoms. The molecule has 3 heteroatoms. The predicted octanol–water partition coefficient (Wildman–Crippen LogP) is 3.13. The number of rotatable bonds is 3. The van der Waals surface area contributed by atoms with E-state index in [0.717, 1.165) is 6.04 Å². The molecule has 1 aliphatic rings. The number of aromatic nitrogens is 1. The van der Waals surface area contributed by atoms with Crippen molar-refractivity contribution in [1.29, 1.82) is 0 Å². The van der Waals surface area contributed by atoms with Gasteiger partial charge in [-0.15, -0.1) is 11.3 Å². The molecule has 1 saturated carbocycles. The summed E-state index contributed by atoms with van der Waals surface area (Å²) in [5.41, 5.74) is 0. The molecule has 0 aliphatic heterocycles. The van der Waals surface area contributed by atoms with E-state index in [1.807, 2.05) is 11.6 Å². The van der Waals surface area contributed by atoms with Gasteiger partial charge in [0.1, 0.15) is 5.01 Å². The van der Waals surface area contributed by atoms with E-state index in [1.165, 1.54) is 37.1 Å². The van der Waals surface area contributed by atoms with Gasteiger partial charge >= 0.3 is 0 Å². The number of hydrogen-bond acceptors (Lipinski definition) is 3. The highest BCUT2D eigenvalue weighted by molar-refractivity contribution is 7.09. The van der Waals surface area contributed by atoms with Crippen molar-refractivity contribution in [2.24, 2.45) is 0 Å². The van der Waals surface area contributed by atoms with Crippen LogP contribution in [0.25, 0.3) is 0 Å². The van der Waals surface area contributed by atoms with Gasteiger partial charge in [0, 0.05) is 17.6 Å². The quantitative estimate of drug-likeness (QED) is 0.829. The standard InChI is InChI=1S/C11H18N2S/c1-9(11-12-7-8-14-11)13-10-5-3-2-4-6-10/h7-10,13H,2-6H2,1H3/t9-/m1/s1. The van der Waals surface area contributed by atoms with Crippen LogP contribution >= 0.6 is 11.3 Å². The van der Waals surface area contributed by atoms with E-state index < -0.39 is 0 Å². The zero-order chi connectivity index (χ0) is 9.80. The van der Waals surface area contributed by atoms with Crippen molar-refractivity contribution in [3.05, 3.63) is 16.6 Å². The van der Waals surface area contributed by atoms with Crippen molar-refractivity contribution in [2.45, 2.75) is 51.1 Å². The second-order valence-electron chi connectivity index (χ2n) is 4.09. The number of hydrogen-bond donors (Lipinski definition) is 1. The van der Waals surface area contributed by atoms with Crippen LogP contribution in [-0.4, -0.2) is 11.0 Å². The molecule has 1 aromatic rings. The van der Waals surface area contributed by atoms with Crippen LogP contribution in [0.1, 0.15) is 50.1 Å². The van der Waals surface area contributed by atoms with E-state index in [-0.39, 0.29) is 0 Å². The highest BCUT2D eigenvalue weighted by atomic mass is 32.1. The maximum atomic E-state index is 4.34. The summed E-state index contributed by atoms with van der Waals surface area (Å²) in [6.07, 6.45) is 8.78. The Labute approximate surface area is 89.8 Å². The Morgan fingerprint density at radius 3 is 2.86 bits per heavy atom. The first-order valence-electron chi connectivity index (χ1n) is 5.51.